The molecule has 1 rings (SSSR count). The minimum absolute atomic E-state index is 0.0832. The molecule has 5 heteroatoms. The number of rotatable bonds is 5. The first-order valence-corrected chi connectivity index (χ1v) is 5.35. The lowest BCUT2D eigenvalue weighted by Gasteiger charge is -2.22. The lowest BCUT2D eigenvalue weighted by molar-refractivity contribution is -0.385. The molecule has 1 aromatic carbocycles. The average molecular weight is 233 g/mol. The Bertz CT molecular complexity index is 440. The average Bonchev–Trinajstić information content (AvgIpc) is 2.29. The van der Waals surface area contributed by atoms with Gasteiger partial charge in [0.25, 0.3) is 5.69 Å². The van der Waals surface area contributed by atoms with Gasteiger partial charge in [-0.15, -0.1) is 0 Å². The minimum Gasteiger partial charge on any atom is -0.298 e. The van der Waals surface area contributed by atoms with Crippen LogP contribution in [0.5, 0.6) is 0 Å². The van der Waals surface area contributed by atoms with Crippen molar-refractivity contribution in [2.24, 2.45) is 0 Å². The van der Waals surface area contributed by atoms with Gasteiger partial charge in [-0.2, -0.15) is 5.26 Å². The van der Waals surface area contributed by atoms with Crippen molar-refractivity contribution in [2.45, 2.75) is 25.9 Å². The first-order valence-electron chi connectivity index (χ1n) is 5.35. The highest BCUT2D eigenvalue weighted by molar-refractivity contribution is 5.39. The van der Waals surface area contributed by atoms with E-state index in [1.807, 2.05) is 18.9 Å². The second-order valence-corrected chi connectivity index (χ2v) is 4.01. The molecule has 0 aliphatic heterocycles. The highest BCUT2D eigenvalue weighted by Gasteiger charge is 2.16. The SMILES string of the molecule is CC(CC#N)N(C)Cc1ccccc1[N+](=O)[O-]. The fraction of sp³-hybridized carbons (Fsp3) is 0.417. The van der Waals surface area contributed by atoms with Crippen LogP contribution >= 0.6 is 0 Å². The smallest absolute Gasteiger partial charge is 0.273 e. The van der Waals surface area contributed by atoms with Crippen molar-refractivity contribution in [3.63, 3.8) is 0 Å². The maximum absolute atomic E-state index is 10.8. The Morgan fingerprint density at radius 2 is 2.18 bits per heavy atom. The zero-order valence-electron chi connectivity index (χ0n) is 9.96. The van der Waals surface area contributed by atoms with Gasteiger partial charge in [-0.25, -0.2) is 0 Å². The third kappa shape index (κ3) is 3.54. The van der Waals surface area contributed by atoms with Gasteiger partial charge >= 0.3 is 0 Å². The maximum Gasteiger partial charge on any atom is 0.273 e. The summed E-state index contributed by atoms with van der Waals surface area (Å²) in [6.07, 6.45) is 0.414. The van der Waals surface area contributed by atoms with Crippen LogP contribution in [0, 0.1) is 21.4 Å². The maximum atomic E-state index is 10.8. The van der Waals surface area contributed by atoms with Crippen LogP contribution in [0.15, 0.2) is 24.3 Å². The molecule has 0 saturated carbocycles. The second kappa shape index (κ2) is 5.97. The van der Waals surface area contributed by atoms with Gasteiger partial charge in [0.05, 0.1) is 17.4 Å². The summed E-state index contributed by atoms with van der Waals surface area (Å²) in [5.41, 5.74) is 0.799. The second-order valence-electron chi connectivity index (χ2n) is 4.01. The van der Waals surface area contributed by atoms with Crippen LogP contribution < -0.4 is 0 Å². The monoisotopic (exact) mass is 233 g/mol. The quantitative estimate of drug-likeness (QED) is 0.578. The number of nitro benzene ring substituents is 1. The molecular weight excluding hydrogens is 218 g/mol. The Morgan fingerprint density at radius 3 is 2.76 bits per heavy atom. The third-order valence-corrected chi connectivity index (χ3v) is 2.75. The van der Waals surface area contributed by atoms with Crippen molar-refractivity contribution in [1.29, 1.82) is 5.26 Å². The van der Waals surface area contributed by atoms with Crippen LogP contribution in [0.3, 0.4) is 0 Å². The molecule has 1 unspecified atom stereocenters. The van der Waals surface area contributed by atoms with Crippen LogP contribution in [0.1, 0.15) is 18.9 Å². The van der Waals surface area contributed by atoms with Gasteiger partial charge in [-0.3, -0.25) is 15.0 Å². The summed E-state index contributed by atoms with van der Waals surface area (Å²) < 4.78 is 0. The van der Waals surface area contributed by atoms with E-state index >= 15 is 0 Å². The number of benzene rings is 1. The van der Waals surface area contributed by atoms with Crippen LogP contribution in [0.4, 0.5) is 5.69 Å². The summed E-state index contributed by atoms with van der Waals surface area (Å²) in [7, 11) is 1.86. The van der Waals surface area contributed by atoms with E-state index in [-0.39, 0.29) is 16.7 Å². The largest absolute Gasteiger partial charge is 0.298 e. The first kappa shape index (κ1) is 13.1. The number of nitrogens with zero attached hydrogens (tertiary/aromatic N) is 3. The molecule has 0 radical (unpaired) electrons. The van der Waals surface area contributed by atoms with Crippen LogP contribution in [0.25, 0.3) is 0 Å². The molecule has 90 valence electrons. The van der Waals surface area contributed by atoms with Crippen LogP contribution in [-0.4, -0.2) is 22.9 Å². The number of hydrogen-bond donors (Lipinski definition) is 0. The highest BCUT2D eigenvalue weighted by Crippen LogP contribution is 2.20. The van der Waals surface area contributed by atoms with Gasteiger partial charge in [0.1, 0.15) is 0 Å². The number of nitriles is 1. The Hall–Kier alpha value is -1.93. The lowest BCUT2D eigenvalue weighted by Crippen LogP contribution is -2.28. The molecule has 0 amide bonds. The number of hydrogen-bond acceptors (Lipinski definition) is 4. The molecule has 1 atom stereocenters. The Labute approximate surface area is 100 Å². The van der Waals surface area contributed by atoms with E-state index in [0.29, 0.717) is 18.5 Å². The van der Waals surface area contributed by atoms with Crippen molar-refractivity contribution in [3.8, 4) is 6.07 Å². The Balaban J connectivity index is 2.81. The Morgan fingerprint density at radius 1 is 1.53 bits per heavy atom. The minimum atomic E-state index is -0.377. The zero-order valence-corrected chi connectivity index (χ0v) is 9.96. The molecule has 1 aromatic rings. The molecule has 0 heterocycles. The summed E-state index contributed by atoms with van der Waals surface area (Å²) in [6, 6.07) is 8.86. The molecule has 0 bridgehead atoms. The molecule has 17 heavy (non-hydrogen) atoms. The topological polar surface area (TPSA) is 70.2 Å². The molecule has 0 aromatic heterocycles. The third-order valence-electron chi connectivity index (χ3n) is 2.75. The van der Waals surface area contributed by atoms with E-state index < -0.39 is 0 Å². The van der Waals surface area contributed by atoms with Crippen LogP contribution in [-0.2, 0) is 6.54 Å². The molecule has 0 saturated heterocycles. The molecule has 5 nitrogen and oxygen atoms in total. The normalized spacial score (nSPS) is 12.1. The summed E-state index contributed by atoms with van der Waals surface area (Å²) in [5.74, 6) is 0. The van der Waals surface area contributed by atoms with Crippen LogP contribution in [0.2, 0.25) is 0 Å². The fourth-order valence-electron chi connectivity index (χ4n) is 1.54. The van der Waals surface area contributed by atoms with Crippen molar-refractivity contribution in [1.82, 2.24) is 4.90 Å². The zero-order chi connectivity index (χ0) is 12.8. The molecule has 0 fully saturated rings. The van der Waals surface area contributed by atoms with Crippen molar-refractivity contribution in [2.75, 3.05) is 7.05 Å². The van der Waals surface area contributed by atoms with Gasteiger partial charge in [0, 0.05) is 24.2 Å². The van der Waals surface area contributed by atoms with E-state index in [1.165, 1.54) is 6.07 Å². The number of para-hydroxylation sites is 1. The molecule has 0 aliphatic rings. The summed E-state index contributed by atoms with van der Waals surface area (Å²) in [6.45, 7) is 2.40. The molecule has 0 aliphatic carbocycles. The Kier molecular flexibility index (Phi) is 4.61. The lowest BCUT2D eigenvalue weighted by atomic mass is 10.1. The summed E-state index contributed by atoms with van der Waals surface area (Å²) >= 11 is 0. The standard InChI is InChI=1S/C12H15N3O2/c1-10(7-8-13)14(2)9-11-5-3-4-6-12(11)15(16)17/h3-6,10H,7,9H2,1-2H3. The van der Waals surface area contributed by atoms with E-state index in [1.54, 1.807) is 18.2 Å². The summed E-state index contributed by atoms with van der Waals surface area (Å²) in [4.78, 5) is 12.4. The van der Waals surface area contributed by atoms with Gasteiger partial charge < -0.3 is 0 Å². The van der Waals surface area contributed by atoms with Gasteiger partial charge in [0.2, 0.25) is 0 Å². The first-order chi connectivity index (χ1) is 8.06. The van der Waals surface area contributed by atoms with Crippen molar-refractivity contribution < 1.29 is 4.92 Å². The molecular formula is C12H15N3O2. The predicted octanol–water partition coefficient (Wildman–Crippen LogP) is 2.33. The highest BCUT2D eigenvalue weighted by atomic mass is 16.6. The van der Waals surface area contributed by atoms with Crippen molar-refractivity contribution >= 4 is 5.69 Å². The predicted molar refractivity (Wildman–Crippen MR) is 64.3 cm³/mol. The molecule has 0 N–H and O–H groups in total. The van der Waals surface area contributed by atoms with Gasteiger partial charge in [-0.05, 0) is 14.0 Å². The summed E-state index contributed by atoms with van der Waals surface area (Å²) in [5, 5.41) is 19.4. The van der Waals surface area contributed by atoms with E-state index in [9.17, 15) is 10.1 Å². The van der Waals surface area contributed by atoms with E-state index in [4.69, 9.17) is 5.26 Å². The number of nitro groups is 1. The van der Waals surface area contributed by atoms with E-state index in [2.05, 4.69) is 6.07 Å². The van der Waals surface area contributed by atoms with Crippen molar-refractivity contribution in [3.05, 3.63) is 39.9 Å². The van der Waals surface area contributed by atoms with E-state index in [0.717, 1.165) is 0 Å². The fourth-order valence-corrected chi connectivity index (χ4v) is 1.54. The van der Waals surface area contributed by atoms with Gasteiger partial charge in [-0.1, -0.05) is 18.2 Å². The van der Waals surface area contributed by atoms with Gasteiger partial charge in [0.15, 0.2) is 0 Å². The molecule has 0 spiro atoms.